The van der Waals surface area contributed by atoms with Crippen LogP contribution in [0.1, 0.15) is 27.8 Å². The molecule has 3 aromatic rings. The first kappa shape index (κ1) is 9.93. The van der Waals surface area contributed by atoms with Gasteiger partial charge < -0.3 is 5.11 Å². The fourth-order valence-electron chi connectivity index (χ4n) is 2.09. The van der Waals surface area contributed by atoms with Crippen molar-refractivity contribution in [2.24, 2.45) is 0 Å². The number of rotatable bonds is 3. The van der Waals surface area contributed by atoms with Crippen LogP contribution in [0.2, 0.25) is 0 Å². The van der Waals surface area contributed by atoms with E-state index in [0.29, 0.717) is 16.3 Å². The average Bonchev–Trinajstić information content (AvgIpc) is 3.07. The van der Waals surface area contributed by atoms with Crippen LogP contribution in [-0.4, -0.2) is 16.1 Å². The number of carbonyl (C=O) groups is 1. The van der Waals surface area contributed by atoms with Gasteiger partial charge in [-0.2, -0.15) is 5.26 Å². The summed E-state index contributed by atoms with van der Waals surface area (Å²) in [7, 11) is 0. The van der Waals surface area contributed by atoms with Gasteiger partial charge in [0, 0.05) is 5.56 Å². The third-order valence-electron chi connectivity index (χ3n) is 3.15. The fourth-order valence-corrected chi connectivity index (χ4v) is 2.99. The predicted molar refractivity (Wildman–Crippen MR) is 89.4 cm³/mol. The quantitative estimate of drug-likeness (QED) is 0.776. The molecule has 1 aromatic heterocycles. The van der Waals surface area contributed by atoms with E-state index < -0.39 is 36.2 Å². The Hall–Kier alpha value is -2.97. The van der Waals surface area contributed by atoms with E-state index in [2.05, 4.69) is 4.98 Å². The second-order valence-electron chi connectivity index (χ2n) is 4.61. The van der Waals surface area contributed by atoms with E-state index in [-0.39, 0.29) is 21.6 Å². The van der Waals surface area contributed by atoms with E-state index in [1.807, 2.05) is 6.07 Å². The summed E-state index contributed by atoms with van der Waals surface area (Å²) < 4.78 is 39.5. The topological polar surface area (TPSA) is 74.0 Å². The molecule has 0 unspecified atom stereocenters. The smallest absolute Gasteiger partial charge is 0.347 e. The minimum absolute atomic E-state index is 0.0596. The monoisotopic (exact) mass is 325 g/mol. The summed E-state index contributed by atoms with van der Waals surface area (Å²) in [5.74, 6) is -1.09. The summed E-state index contributed by atoms with van der Waals surface area (Å²) in [5, 5.41) is 19.2. The molecule has 0 aliphatic rings. The van der Waals surface area contributed by atoms with Crippen molar-refractivity contribution < 1.29 is 16.8 Å². The molecule has 0 atom stereocenters. The lowest BCUT2D eigenvalue weighted by Crippen LogP contribution is -1.94. The molecule has 0 radical (unpaired) electrons. The first-order chi connectivity index (χ1) is 13.2. The van der Waals surface area contributed by atoms with Crippen LogP contribution in [0.5, 0.6) is 0 Å². The standard InChI is InChI=1S/C18H12N2O2S/c1-11-16(18(21)22)23-17(20-11)13-7-8-15(14(9-13)10-19)12-5-3-2-4-6-12/h2-9H,1H3,(H,21,22)/i2D,3D,4D,5D,6D. The molecule has 0 bridgehead atoms. The number of hydrogen-bond donors (Lipinski definition) is 1. The Morgan fingerprint density at radius 2 is 2.04 bits per heavy atom. The zero-order valence-electron chi connectivity index (χ0n) is 16.9. The van der Waals surface area contributed by atoms with Crippen LogP contribution in [-0.2, 0) is 0 Å². The Kier molecular flexibility index (Phi) is 2.60. The minimum atomic E-state index is -1.09. The highest BCUT2D eigenvalue weighted by Crippen LogP contribution is 2.32. The maximum Gasteiger partial charge on any atom is 0.347 e. The molecular formula is C18H12N2O2S. The summed E-state index contributed by atoms with van der Waals surface area (Å²) in [6, 6.07) is 4.26. The Bertz CT molecular complexity index is 1150. The van der Waals surface area contributed by atoms with Gasteiger partial charge in [-0.05, 0) is 24.1 Å². The highest BCUT2D eigenvalue weighted by atomic mass is 32.1. The van der Waals surface area contributed by atoms with E-state index in [1.54, 1.807) is 13.0 Å². The Labute approximate surface area is 144 Å². The lowest BCUT2D eigenvalue weighted by atomic mass is 9.98. The molecule has 3 rings (SSSR count). The highest BCUT2D eigenvalue weighted by molar-refractivity contribution is 7.17. The molecular weight excluding hydrogens is 308 g/mol. The number of carboxylic acids is 1. The maximum absolute atomic E-state index is 11.2. The summed E-state index contributed by atoms with van der Waals surface area (Å²) in [6.45, 7) is 1.58. The van der Waals surface area contributed by atoms with E-state index in [1.165, 1.54) is 12.1 Å². The summed E-state index contributed by atoms with van der Waals surface area (Å²) in [5.41, 5.74) is 1.11. The number of hydrogen-bond acceptors (Lipinski definition) is 4. The number of aryl methyl sites for hydroxylation is 1. The number of aromatic carboxylic acids is 1. The van der Waals surface area contributed by atoms with Gasteiger partial charge in [-0.1, -0.05) is 42.3 Å². The van der Waals surface area contributed by atoms with Crippen molar-refractivity contribution in [3.05, 3.63) is 64.5 Å². The number of thiazole rings is 1. The van der Waals surface area contributed by atoms with Crippen LogP contribution in [0.15, 0.2) is 48.4 Å². The minimum Gasteiger partial charge on any atom is -0.477 e. The lowest BCUT2D eigenvalue weighted by Gasteiger charge is -2.06. The molecule has 0 spiro atoms. The third kappa shape index (κ3) is 2.85. The lowest BCUT2D eigenvalue weighted by molar-refractivity contribution is 0.0701. The van der Waals surface area contributed by atoms with E-state index in [9.17, 15) is 15.2 Å². The van der Waals surface area contributed by atoms with Crippen LogP contribution in [0, 0.1) is 18.3 Å². The van der Waals surface area contributed by atoms with Crippen molar-refractivity contribution in [2.75, 3.05) is 0 Å². The van der Waals surface area contributed by atoms with Crippen molar-refractivity contribution in [2.45, 2.75) is 6.92 Å². The van der Waals surface area contributed by atoms with Gasteiger partial charge in [0.15, 0.2) is 0 Å². The van der Waals surface area contributed by atoms with Gasteiger partial charge in [-0.3, -0.25) is 0 Å². The molecule has 0 fully saturated rings. The number of carboxylic acid groups (broad SMARTS) is 1. The second kappa shape index (κ2) is 6.03. The normalized spacial score (nSPS) is 13.3. The molecule has 4 nitrogen and oxygen atoms in total. The predicted octanol–water partition coefficient (Wildman–Crippen LogP) is 4.36. The van der Waals surface area contributed by atoms with Gasteiger partial charge in [0.25, 0.3) is 0 Å². The number of nitriles is 1. The van der Waals surface area contributed by atoms with Crippen molar-refractivity contribution >= 4 is 17.3 Å². The Morgan fingerprint density at radius 1 is 1.30 bits per heavy atom. The average molecular weight is 325 g/mol. The van der Waals surface area contributed by atoms with E-state index in [0.717, 1.165) is 11.3 Å². The van der Waals surface area contributed by atoms with Crippen molar-refractivity contribution in [1.29, 1.82) is 5.26 Å². The van der Waals surface area contributed by atoms with Gasteiger partial charge in [-0.25, -0.2) is 9.78 Å². The maximum atomic E-state index is 11.2. The van der Waals surface area contributed by atoms with Crippen LogP contribution in [0.4, 0.5) is 0 Å². The van der Waals surface area contributed by atoms with E-state index in [4.69, 9.17) is 6.85 Å². The first-order valence-electron chi connectivity index (χ1n) is 8.99. The van der Waals surface area contributed by atoms with Crippen LogP contribution >= 0.6 is 11.3 Å². The molecule has 1 heterocycles. The van der Waals surface area contributed by atoms with Gasteiger partial charge >= 0.3 is 5.97 Å². The molecule has 0 aliphatic heterocycles. The third-order valence-corrected chi connectivity index (χ3v) is 4.34. The van der Waals surface area contributed by atoms with Gasteiger partial charge in [0.05, 0.1) is 24.2 Å². The summed E-state index contributed by atoms with van der Waals surface area (Å²) in [6.07, 6.45) is 0. The summed E-state index contributed by atoms with van der Waals surface area (Å²) in [4.78, 5) is 15.5. The molecule has 0 amide bonds. The molecule has 0 saturated carbocycles. The zero-order valence-corrected chi connectivity index (χ0v) is 12.7. The van der Waals surface area contributed by atoms with Gasteiger partial charge in [0.2, 0.25) is 0 Å². The van der Waals surface area contributed by atoms with E-state index >= 15 is 0 Å². The van der Waals surface area contributed by atoms with Gasteiger partial charge in [0.1, 0.15) is 9.88 Å². The van der Waals surface area contributed by atoms with Crippen LogP contribution in [0.3, 0.4) is 0 Å². The van der Waals surface area contributed by atoms with Crippen molar-refractivity contribution in [1.82, 2.24) is 4.98 Å². The molecule has 5 heteroatoms. The number of aromatic nitrogens is 1. The largest absolute Gasteiger partial charge is 0.477 e. The molecule has 1 N–H and O–H groups in total. The second-order valence-corrected chi connectivity index (χ2v) is 5.61. The van der Waals surface area contributed by atoms with Crippen LogP contribution < -0.4 is 0 Å². The SMILES string of the molecule is [2H]c1c([2H])c([2H])c(-c2ccc(-c3nc(C)c(C(=O)O)s3)cc2C#N)c([2H])c1[2H]. The fraction of sp³-hybridized carbons (Fsp3) is 0.0556. The Morgan fingerprint density at radius 3 is 2.65 bits per heavy atom. The van der Waals surface area contributed by atoms with Gasteiger partial charge in [-0.15, -0.1) is 11.3 Å². The number of nitrogens with zero attached hydrogens (tertiary/aromatic N) is 2. The van der Waals surface area contributed by atoms with Crippen LogP contribution in [0.25, 0.3) is 21.7 Å². The van der Waals surface area contributed by atoms with Crippen molar-refractivity contribution in [3.8, 4) is 27.8 Å². The number of benzene rings is 2. The molecule has 2 aromatic carbocycles. The summed E-state index contributed by atoms with van der Waals surface area (Å²) >= 11 is 0.976. The molecule has 0 saturated heterocycles. The molecule has 112 valence electrons. The highest BCUT2D eigenvalue weighted by Gasteiger charge is 2.16. The van der Waals surface area contributed by atoms with Crippen molar-refractivity contribution in [3.63, 3.8) is 0 Å². The molecule has 0 aliphatic carbocycles. The first-order valence-corrected chi connectivity index (χ1v) is 7.31. The molecule has 23 heavy (non-hydrogen) atoms. The Balaban J connectivity index is 2.21. The zero-order chi connectivity index (χ0) is 20.7.